The first-order valence-electron chi connectivity index (χ1n) is 7.72. The van der Waals surface area contributed by atoms with E-state index in [1.54, 1.807) is 0 Å². The van der Waals surface area contributed by atoms with Gasteiger partial charge in [-0.25, -0.2) is 0 Å². The molecule has 1 heterocycles. The number of nitrogens with two attached hydrogens (primary N) is 1. The largest absolute Gasteiger partial charge is 0.329 e. The van der Waals surface area contributed by atoms with Gasteiger partial charge in [-0.15, -0.1) is 0 Å². The molecule has 0 radical (unpaired) electrons. The second-order valence-corrected chi connectivity index (χ2v) is 7.48. The molecular weight excluding hydrogens is 240 g/mol. The van der Waals surface area contributed by atoms with Crippen molar-refractivity contribution in [1.29, 1.82) is 0 Å². The Morgan fingerprint density at radius 3 is 2.22 bits per heavy atom. The van der Waals surface area contributed by atoms with Crippen LogP contribution in [0.5, 0.6) is 0 Å². The monoisotopic (exact) mass is 270 g/mol. The maximum atomic E-state index is 5.97. The minimum atomic E-state index is 0.386. The van der Waals surface area contributed by atoms with E-state index in [0.717, 1.165) is 18.5 Å². The van der Waals surface area contributed by atoms with Gasteiger partial charge in [0.05, 0.1) is 0 Å². The number of hydrogen-bond donors (Lipinski definition) is 1. The van der Waals surface area contributed by atoms with Crippen LogP contribution >= 0.6 is 11.8 Å². The van der Waals surface area contributed by atoms with E-state index in [1.165, 1.54) is 58.0 Å². The molecule has 0 aromatic carbocycles. The number of piperidine rings is 1. The predicted molar refractivity (Wildman–Crippen MR) is 82.1 cm³/mol. The Kier molecular flexibility index (Phi) is 5.40. The van der Waals surface area contributed by atoms with E-state index in [0.29, 0.717) is 4.75 Å². The van der Waals surface area contributed by atoms with E-state index >= 15 is 0 Å². The average molecular weight is 270 g/mol. The number of rotatable bonds is 4. The molecule has 2 N–H and O–H groups in total. The lowest BCUT2D eigenvalue weighted by molar-refractivity contribution is 0.103. The van der Waals surface area contributed by atoms with Gasteiger partial charge in [-0.3, -0.25) is 0 Å². The Balaban J connectivity index is 1.80. The number of hydrogen-bond acceptors (Lipinski definition) is 3. The van der Waals surface area contributed by atoms with Crippen LogP contribution < -0.4 is 5.73 Å². The molecule has 1 saturated carbocycles. The molecule has 2 rings (SSSR count). The summed E-state index contributed by atoms with van der Waals surface area (Å²) in [6, 6.07) is 0.880. The third-order valence-electron chi connectivity index (χ3n) is 5.42. The van der Waals surface area contributed by atoms with E-state index in [4.69, 9.17) is 5.73 Å². The van der Waals surface area contributed by atoms with Crippen molar-refractivity contribution in [3.8, 4) is 0 Å². The van der Waals surface area contributed by atoms with Crippen LogP contribution in [0.3, 0.4) is 0 Å². The summed E-state index contributed by atoms with van der Waals surface area (Å²) in [4.78, 5) is 2.76. The highest BCUT2D eigenvalue weighted by Crippen LogP contribution is 2.37. The van der Waals surface area contributed by atoms with Crippen molar-refractivity contribution >= 4 is 11.8 Å². The molecule has 1 aliphatic carbocycles. The van der Waals surface area contributed by atoms with Crippen molar-refractivity contribution in [3.63, 3.8) is 0 Å². The van der Waals surface area contributed by atoms with Crippen LogP contribution in [0.2, 0.25) is 0 Å². The Hall–Kier alpha value is 0.270. The molecule has 2 fully saturated rings. The first-order chi connectivity index (χ1) is 8.73. The number of thioether (sulfide) groups is 1. The Labute approximate surface area is 117 Å². The van der Waals surface area contributed by atoms with E-state index in [1.807, 2.05) is 11.8 Å². The lowest BCUT2D eigenvalue weighted by Gasteiger charge is -2.45. The van der Waals surface area contributed by atoms with Crippen LogP contribution in [0.4, 0.5) is 0 Å². The summed E-state index contributed by atoms with van der Waals surface area (Å²) >= 11 is 1.99. The van der Waals surface area contributed by atoms with Gasteiger partial charge in [0, 0.05) is 17.3 Å². The van der Waals surface area contributed by atoms with Gasteiger partial charge in [-0.1, -0.05) is 13.3 Å². The van der Waals surface area contributed by atoms with Crippen molar-refractivity contribution < 1.29 is 0 Å². The molecule has 0 unspecified atom stereocenters. The first kappa shape index (κ1) is 14.7. The molecule has 0 bridgehead atoms. The summed E-state index contributed by atoms with van der Waals surface area (Å²) in [5, 5.41) is 0. The molecule has 0 spiro atoms. The van der Waals surface area contributed by atoms with Crippen LogP contribution in [0.25, 0.3) is 0 Å². The van der Waals surface area contributed by atoms with Gasteiger partial charge < -0.3 is 10.6 Å². The summed E-state index contributed by atoms with van der Waals surface area (Å²) in [6.45, 7) is 5.75. The molecule has 2 aliphatic rings. The van der Waals surface area contributed by atoms with Crippen molar-refractivity contribution in [2.45, 2.75) is 62.7 Å². The summed E-state index contributed by atoms with van der Waals surface area (Å²) < 4.78 is 0.386. The summed E-state index contributed by atoms with van der Waals surface area (Å²) in [6.07, 6.45) is 12.0. The Morgan fingerprint density at radius 2 is 1.78 bits per heavy atom. The van der Waals surface area contributed by atoms with Crippen LogP contribution in [-0.2, 0) is 0 Å². The first-order valence-corrected chi connectivity index (χ1v) is 8.95. The van der Waals surface area contributed by atoms with Gasteiger partial charge in [-0.05, 0) is 63.8 Å². The van der Waals surface area contributed by atoms with Crippen molar-refractivity contribution in [2.75, 3.05) is 25.9 Å². The number of likely N-dealkylation sites (tertiary alicyclic amines) is 1. The highest BCUT2D eigenvalue weighted by molar-refractivity contribution is 8.00. The van der Waals surface area contributed by atoms with Gasteiger partial charge >= 0.3 is 0 Å². The smallest absolute Gasteiger partial charge is 0.0303 e. The molecule has 1 saturated heterocycles. The summed E-state index contributed by atoms with van der Waals surface area (Å²) in [7, 11) is 0. The highest BCUT2D eigenvalue weighted by atomic mass is 32.2. The second kappa shape index (κ2) is 6.62. The van der Waals surface area contributed by atoms with Gasteiger partial charge in [0.1, 0.15) is 0 Å². The molecule has 0 aromatic rings. The number of nitrogens with zero attached hydrogens (tertiary/aromatic N) is 1. The topological polar surface area (TPSA) is 29.3 Å². The van der Waals surface area contributed by atoms with Crippen LogP contribution in [0.15, 0.2) is 0 Å². The van der Waals surface area contributed by atoms with E-state index in [9.17, 15) is 0 Å². The average Bonchev–Trinajstić information content (AvgIpc) is 2.47. The quantitative estimate of drug-likeness (QED) is 0.851. The Bertz CT molecular complexity index is 235. The normalized spacial score (nSPS) is 33.5. The standard InChI is InChI=1S/C15H30N2S/c1-3-13-4-6-14(7-5-13)17-10-8-15(12-16,18-2)9-11-17/h13-14H,3-12,16H2,1-2H3. The zero-order valence-corrected chi connectivity index (χ0v) is 13.0. The van der Waals surface area contributed by atoms with Gasteiger partial charge in [0.25, 0.3) is 0 Å². The van der Waals surface area contributed by atoms with Crippen LogP contribution in [-0.4, -0.2) is 41.6 Å². The highest BCUT2D eigenvalue weighted by Gasteiger charge is 2.35. The fourth-order valence-electron chi connectivity index (χ4n) is 3.71. The van der Waals surface area contributed by atoms with Crippen molar-refractivity contribution in [1.82, 2.24) is 4.90 Å². The third kappa shape index (κ3) is 3.23. The zero-order valence-electron chi connectivity index (χ0n) is 12.2. The van der Waals surface area contributed by atoms with Crippen LogP contribution in [0.1, 0.15) is 51.9 Å². The lowest BCUT2D eigenvalue weighted by Crippen LogP contribution is -2.50. The SMILES string of the molecule is CCC1CCC(N2CCC(CN)(SC)CC2)CC1. The van der Waals surface area contributed by atoms with E-state index in [2.05, 4.69) is 18.1 Å². The molecule has 0 atom stereocenters. The van der Waals surface area contributed by atoms with Crippen molar-refractivity contribution in [2.24, 2.45) is 11.7 Å². The molecule has 1 aliphatic heterocycles. The van der Waals surface area contributed by atoms with Gasteiger partial charge in [0.15, 0.2) is 0 Å². The zero-order chi connectivity index (χ0) is 13.0. The predicted octanol–water partition coefficient (Wildman–Crippen LogP) is 3.11. The van der Waals surface area contributed by atoms with Gasteiger partial charge in [-0.2, -0.15) is 11.8 Å². The van der Waals surface area contributed by atoms with E-state index in [-0.39, 0.29) is 0 Å². The fraction of sp³-hybridized carbons (Fsp3) is 1.00. The van der Waals surface area contributed by atoms with E-state index < -0.39 is 0 Å². The maximum absolute atomic E-state index is 5.97. The summed E-state index contributed by atoms with van der Waals surface area (Å²) in [5.41, 5.74) is 5.97. The molecule has 0 aromatic heterocycles. The lowest BCUT2D eigenvalue weighted by atomic mass is 9.83. The Morgan fingerprint density at radius 1 is 1.17 bits per heavy atom. The van der Waals surface area contributed by atoms with Crippen LogP contribution in [0, 0.1) is 5.92 Å². The van der Waals surface area contributed by atoms with Crippen molar-refractivity contribution in [3.05, 3.63) is 0 Å². The minimum absolute atomic E-state index is 0.386. The molecule has 2 nitrogen and oxygen atoms in total. The molecular formula is C15H30N2S. The second-order valence-electron chi connectivity index (χ2n) is 6.21. The third-order valence-corrected chi connectivity index (χ3v) is 6.87. The molecule has 3 heteroatoms. The minimum Gasteiger partial charge on any atom is -0.329 e. The molecule has 106 valence electrons. The fourth-order valence-corrected chi connectivity index (χ4v) is 4.46. The van der Waals surface area contributed by atoms with Gasteiger partial charge in [0.2, 0.25) is 0 Å². The summed E-state index contributed by atoms with van der Waals surface area (Å²) in [5.74, 6) is 1.01. The molecule has 18 heavy (non-hydrogen) atoms. The molecule has 0 amide bonds. The maximum Gasteiger partial charge on any atom is 0.0303 e.